The number of nitrogen functional groups attached to an aromatic ring is 1. The lowest BCUT2D eigenvalue weighted by atomic mass is 10.1. The van der Waals surface area contributed by atoms with Gasteiger partial charge >= 0.3 is 0 Å². The molecule has 5 heteroatoms. The second kappa shape index (κ2) is 5.21. The van der Waals surface area contributed by atoms with Crippen molar-refractivity contribution < 1.29 is 4.79 Å². The van der Waals surface area contributed by atoms with E-state index in [-0.39, 0.29) is 11.5 Å². The van der Waals surface area contributed by atoms with Crippen LogP contribution in [-0.2, 0) is 7.05 Å². The Kier molecular flexibility index (Phi) is 3.61. The van der Waals surface area contributed by atoms with E-state index in [2.05, 4.69) is 5.32 Å². The number of pyridine rings is 1. The van der Waals surface area contributed by atoms with E-state index in [1.54, 1.807) is 25.4 Å². The third kappa shape index (κ3) is 2.56. The largest absolute Gasteiger partial charge is 0.397 e. The Balaban J connectivity index is 2.35. The molecule has 0 aliphatic heterocycles. The summed E-state index contributed by atoms with van der Waals surface area (Å²) in [7, 11) is 1.63. The Bertz CT molecular complexity index is 732. The summed E-state index contributed by atoms with van der Waals surface area (Å²) in [5.74, 6) is -0.344. The summed E-state index contributed by atoms with van der Waals surface area (Å²) < 4.78 is 1.41. The first-order valence-corrected chi connectivity index (χ1v) is 6.24. The normalized spacial score (nSPS) is 10.3. The van der Waals surface area contributed by atoms with Crippen molar-refractivity contribution in [3.8, 4) is 0 Å². The van der Waals surface area contributed by atoms with Crippen molar-refractivity contribution in [1.29, 1.82) is 0 Å². The number of benzene rings is 1. The second-order valence-corrected chi connectivity index (χ2v) is 4.79. The summed E-state index contributed by atoms with van der Waals surface area (Å²) in [4.78, 5) is 23.7. The lowest BCUT2D eigenvalue weighted by Gasteiger charge is -2.13. The first-order chi connectivity index (χ1) is 9.40. The molecular weight excluding hydrogens is 254 g/mol. The van der Waals surface area contributed by atoms with Gasteiger partial charge in [0, 0.05) is 24.9 Å². The molecule has 104 valence electrons. The number of amides is 1. The van der Waals surface area contributed by atoms with Gasteiger partial charge in [-0.2, -0.15) is 0 Å². The van der Waals surface area contributed by atoms with Crippen LogP contribution in [0.3, 0.4) is 0 Å². The maximum atomic E-state index is 12.2. The molecule has 3 N–H and O–H groups in total. The van der Waals surface area contributed by atoms with Crippen molar-refractivity contribution in [2.45, 2.75) is 13.8 Å². The molecule has 0 fully saturated rings. The third-order valence-electron chi connectivity index (χ3n) is 3.37. The summed E-state index contributed by atoms with van der Waals surface area (Å²) in [6.45, 7) is 3.84. The minimum Gasteiger partial charge on any atom is -0.397 e. The van der Waals surface area contributed by atoms with E-state index < -0.39 is 0 Å². The van der Waals surface area contributed by atoms with Gasteiger partial charge in [0.05, 0.1) is 11.4 Å². The molecule has 0 unspecified atom stereocenters. The molecule has 1 heterocycles. The summed E-state index contributed by atoms with van der Waals surface area (Å²) >= 11 is 0. The van der Waals surface area contributed by atoms with Crippen molar-refractivity contribution in [3.05, 3.63) is 57.5 Å². The number of hydrogen-bond donors (Lipinski definition) is 2. The van der Waals surface area contributed by atoms with E-state index in [4.69, 9.17) is 5.73 Å². The molecule has 5 nitrogen and oxygen atoms in total. The SMILES string of the molecule is Cc1ccc(N)c(NC(=O)c2ccn(C)c(=O)c2)c1C. The lowest BCUT2D eigenvalue weighted by Crippen LogP contribution is -2.20. The number of aryl methyl sites for hydroxylation is 2. The van der Waals surface area contributed by atoms with E-state index in [0.717, 1.165) is 11.1 Å². The molecule has 0 bridgehead atoms. The zero-order chi connectivity index (χ0) is 14.9. The molecule has 2 rings (SSSR count). The van der Waals surface area contributed by atoms with Crippen LogP contribution in [0.1, 0.15) is 21.5 Å². The van der Waals surface area contributed by atoms with Crippen molar-refractivity contribution in [2.75, 3.05) is 11.1 Å². The fourth-order valence-corrected chi connectivity index (χ4v) is 1.88. The summed E-state index contributed by atoms with van der Waals surface area (Å²) in [6.07, 6.45) is 1.56. The third-order valence-corrected chi connectivity index (χ3v) is 3.37. The molecule has 0 spiro atoms. The molecule has 2 aromatic rings. The summed E-state index contributed by atoms with van der Waals surface area (Å²) in [5.41, 5.74) is 9.03. The maximum Gasteiger partial charge on any atom is 0.255 e. The predicted octanol–water partition coefficient (Wildman–Crippen LogP) is 1.84. The zero-order valence-electron chi connectivity index (χ0n) is 11.7. The van der Waals surface area contributed by atoms with Gasteiger partial charge in [-0.3, -0.25) is 9.59 Å². The number of nitrogens with two attached hydrogens (primary N) is 1. The maximum absolute atomic E-state index is 12.2. The Hall–Kier alpha value is -2.56. The molecule has 0 atom stereocenters. The highest BCUT2D eigenvalue weighted by molar-refractivity contribution is 6.06. The second-order valence-electron chi connectivity index (χ2n) is 4.79. The number of rotatable bonds is 2. The summed E-state index contributed by atoms with van der Waals surface area (Å²) in [5, 5.41) is 2.77. The molecule has 0 aliphatic rings. The van der Waals surface area contributed by atoms with E-state index >= 15 is 0 Å². The number of carbonyl (C=O) groups excluding carboxylic acids is 1. The Labute approximate surface area is 117 Å². The standard InChI is InChI=1S/C15H17N3O2/c1-9-4-5-12(16)14(10(9)2)17-15(20)11-6-7-18(3)13(19)8-11/h4-8H,16H2,1-3H3,(H,17,20). The molecule has 20 heavy (non-hydrogen) atoms. The number of carbonyl (C=O) groups is 1. The van der Waals surface area contributed by atoms with Crippen LogP contribution < -0.4 is 16.6 Å². The van der Waals surface area contributed by atoms with Gasteiger partial charge in [-0.15, -0.1) is 0 Å². The fourth-order valence-electron chi connectivity index (χ4n) is 1.88. The minimum absolute atomic E-state index is 0.230. The van der Waals surface area contributed by atoms with Crippen molar-refractivity contribution in [1.82, 2.24) is 4.57 Å². The lowest BCUT2D eigenvalue weighted by molar-refractivity contribution is 0.102. The molecule has 0 aliphatic carbocycles. The van der Waals surface area contributed by atoms with E-state index in [1.807, 2.05) is 19.9 Å². The minimum atomic E-state index is -0.344. The fraction of sp³-hybridized carbons (Fsp3) is 0.200. The monoisotopic (exact) mass is 271 g/mol. The van der Waals surface area contributed by atoms with Gasteiger partial charge in [0.25, 0.3) is 11.5 Å². The molecule has 0 saturated heterocycles. The van der Waals surface area contributed by atoms with E-state index in [0.29, 0.717) is 16.9 Å². The van der Waals surface area contributed by atoms with Crippen LogP contribution in [0, 0.1) is 13.8 Å². The Morgan fingerprint density at radius 1 is 1.25 bits per heavy atom. The van der Waals surface area contributed by atoms with Crippen LogP contribution >= 0.6 is 0 Å². The quantitative estimate of drug-likeness (QED) is 0.818. The van der Waals surface area contributed by atoms with Gasteiger partial charge in [0.15, 0.2) is 0 Å². The van der Waals surface area contributed by atoms with Crippen molar-refractivity contribution in [3.63, 3.8) is 0 Å². The summed E-state index contributed by atoms with van der Waals surface area (Å²) in [6, 6.07) is 6.55. The van der Waals surface area contributed by atoms with Gasteiger partial charge in [-0.25, -0.2) is 0 Å². The number of anilines is 2. The van der Waals surface area contributed by atoms with Crippen LogP contribution in [0.4, 0.5) is 11.4 Å². The van der Waals surface area contributed by atoms with Gasteiger partial charge in [0.1, 0.15) is 0 Å². The van der Waals surface area contributed by atoms with Crippen molar-refractivity contribution in [2.24, 2.45) is 7.05 Å². The number of aromatic nitrogens is 1. The average Bonchev–Trinajstić information content (AvgIpc) is 2.42. The van der Waals surface area contributed by atoms with Crippen molar-refractivity contribution >= 4 is 17.3 Å². The van der Waals surface area contributed by atoms with E-state index in [1.165, 1.54) is 10.6 Å². The highest BCUT2D eigenvalue weighted by atomic mass is 16.2. The van der Waals surface area contributed by atoms with Gasteiger partial charge in [-0.05, 0) is 37.1 Å². The van der Waals surface area contributed by atoms with Gasteiger partial charge in [-0.1, -0.05) is 6.07 Å². The first kappa shape index (κ1) is 13.9. The molecule has 1 amide bonds. The van der Waals surface area contributed by atoms with E-state index in [9.17, 15) is 9.59 Å². The van der Waals surface area contributed by atoms with Gasteiger partial charge < -0.3 is 15.6 Å². The highest BCUT2D eigenvalue weighted by Crippen LogP contribution is 2.26. The van der Waals surface area contributed by atoms with Crippen LogP contribution in [0.15, 0.2) is 35.3 Å². The van der Waals surface area contributed by atoms with Crippen LogP contribution in [0.5, 0.6) is 0 Å². The number of nitrogens with zero attached hydrogens (tertiary/aromatic N) is 1. The van der Waals surface area contributed by atoms with Crippen LogP contribution in [0.25, 0.3) is 0 Å². The molecule has 1 aromatic carbocycles. The highest BCUT2D eigenvalue weighted by Gasteiger charge is 2.12. The predicted molar refractivity (Wildman–Crippen MR) is 80.0 cm³/mol. The topological polar surface area (TPSA) is 77.1 Å². The molecular formula is C15H17N3O2. The first-order valence-electron chi connectivity index (χ1n) is 6.24. The average molecular weight is 271 g/mol. The number of hydrogen-bond acceptors (Lipinski definition) is 3. The van der Waals surface area contributed by atoms with Crippen LogP contribution in [-0.4, -0.2) is 10.5 Å². The van der Waals surface area contributed by atoms with Gasteiger partial charge in [0.2, 0.25) is 0 Å². The number of nitrogens with one attached hydrogen (secondary N) is 1. The molecule has 0 radical (unpaired) electrons. The zero-order valence-corrected chi connectivity index (χ0v) is 11.7. The smallest absolute Gasteiger partial charge is 0.255 e. The molecule has 1 aromatic heterocycles. The Morgan fingerprint density at radius 3 is 2.60 bits per heavy atom. The Morgan fingerprint density at radius 2 is 1.95 bits per heavy atom. The van der Waals surface area contributed by atoms with Crippen LogP contribution in [0.2, 0.25) is 0 Å². The molecule has 0 saturated carbocycles.